The van der Waals surface area contributed by atoms with Gasteiger partial charge in [-0.15, -0.1) is 5.10 Å². The summed E-state index contributed by atoms with van der Waals surface area (Å²) in [4.78, 5) is 28.5. The van der Waals surface area contributed by atoms with Gasteiger partial charge in [0.2, 0.25) is 5.95 Å². The Kier molecular flexibility index (Phi) is 5.48. The van der Waals surface area contributed by atoms with Crippen molar-refractivity contribution in [1.29, 1.82) is 0 Å². The van der Waals surface area contributed by atoms with Crippen molar-refractivity contribution in [2.45, 2.75) is 32.2 Å². The Morgan fingerprint density at radius 3 is 2.82 bits per heavy atom. The topological polar surface area (TPSA) is 121 Å². The van der Waals surface area contributed by atoms with Crippen LogP contribution >= 0.6 is 0 Å². The first-order chi connectivity index (χ1) is 16.5. The van der Waals surface area contributed by atoms with Crippen LogP contribution in [-0.4, -0.2) is 39.2 Å². The minimum atomic E-state index is -0.511. The van der Waals surface area contributed by atoms with Crippen LogP contribution in [0.3, 0.4) is 0 Å². The summed E-state index contributed by atoms with van der Waals surface area (Å²) in [5.74, 6) is 2.05. The number of nitro benzene ring substituents is 1. The van der Waals surface area contributed by atoms with Gasteiger partial charge in [0.05, 0.1) is 18.6 Å². The van der Waals surface area contributed by atoms with E-state index in [2.05, 4.69) is 15.4 Å². The molecule has 0 saturated heterocycles. The number of hydrogen-bond donors (Lipinski definition) is 1. The molecule has 0 amide bonds. The summed E-state index contributed by atoms with van der Waals surface area (Å²) in [6, 6.07) is 11.2. The predicted molar refractivity (Wildman–Crippen MR) is 124 cm³/mol. The van der Waals surface area contributed by atoms with E-state index in [1.807, 2.05) is 25.1 Å². The van der Waals surface area contributed by atoms with E-state index in [0.29, 0.717) is 47.4 Å². The number of allylic oxidation sites excluding steroid dienone is 2. The van der Waals surface area contributed by atoms with Gasteiger partial charge in [0, 0.05) is 35.4 Å². The van der Waals surface area contributed by atoms with Crippen molar-refractivity contribution in [3.05, 3.63) is 69.4 Å². The first-order valence-electron chi connectivity index (χ1n) is 11.1. The number of anilines is 1. The third-order valence-corrected chi connectivity index (χ3v) is 5.99. The lowest BCUT2D eigenvalue weighted by molar-refractivity contribution is -0.384. The van der Waals surface area contributed by atoms with E-state index in [1.54, 1.807) is 23.9 Å². The number of Topliss-reactive ketones (excluding diaryl/α,β-unsaturated/α-hetero) is 1. The molecule has 2 heterocycles. The standard InChI is InChI=1S/C24H23N5O5/c1-3-34-19-11-10-14(13-20(19)33-2)22-21-17(8-5-9-18(21)30)25-24-26-23(27-28(22)24)15-6-4-7-16(12-15)29(31)32/h4,6-7,10-13,22H,3,5,8-9H2,1-2H3,(H,25,26,27). The lowest BCUT2D eigenvalue weighted by Crippen LogP contribution is -2.31. The maximum absolute atomic E-state index is 13.1. The number of carbonyl (C=O) groups is 1. The van der Waals surface area contributed by atoms with Gasteiger partial charge in [-0.3, -0.25) is 14.9 Å². The number of non-ortho nitro benzene ring substituents is 1. The minimum absolute atomic E-state index is 0.0429. The molecule has 34 heavy (non-hydrogen) atoms. The Morgan fingerprint density at radius 2 is 2.06 bits per heavy atom. The van der Waals surface area contributed by atoms with Crippen LogP contribution in [0.4, 0.5) is 11.6 Å². The Morgan fingerprint density at radius 1 is 1.21 bits per heavy atom. The zero-order valence-corrected chi connectivity index (χ0v) is 18.8. The van der Waals surface area contributed by atoms with Crippen molar-refractivity contribution in [3.8, 4) is 22.9 Å². The molecule has 2 aromatic carbocycles. The predicted octanol–water partition coefficient (Wildman–Crippen LogP) is 4.28. The van der Waals surface area contributed by atoms with Crippen LogP contribution in [0, 0.1) is 10.1 Å². The maximum atomic E-state index is 13.1. The van der Waals surface area contributed by atoms with Gasteiger partial charge in [0.1, 0.15) is 6.04 Å². The van der Waals surface area contributed by atoms with Crippen LogP contribution in [0.2, 0.25) is 0 Å². The van der Waals surface area contributed by atoms with Crippen LogP contribution < -0.4 is 14.8 Å². The molecule has 0 spiro atoms. The molecular weight excluding hydrogens is 438 g/mol. The molecule has 2 aliphatic rings. The molecule has 1 N–H and O–H groups in total. The van der Waals surface area contributed by atoms with E-state index >= 15 is 0 Å². The number of benzene rings is 2. The van der Waals surface area contributed by atoms with E-state index in [1.165, 1.54) is 12.1 Å². The van der Waals surface area contributed by atoms with Crippen LogP contribution in [-0.2, 0) is 4.79 Å². The van der Waals surface area contributed by atoms with Crippen molar-refractivity contribution in [3.63, 3.8) is 0 Å². The van der Waals surface area contributed by atoms with Gasteiger partial charge in [-0.25, -0.2) is 4.68 Å². The molecule has 174 valence electrons. The fourth-order valence-electron chi connectivity index (χ4n) is 4.47. The van der Waals surface area contributed by atoms with Gasteiger partial charge in [-0.2, -0.15) is 4.98 Å². The number of nitrogens with zero attached hydrogens (tertiary/aromatic N) is 4. The Labute approximate surface area is 195 Å². The van der Waals surface area contributed by atoms with Crippen molar-refractivity contribution < 1.29 is 19.2 Å². The Balaban J connectivity index is 1.65. The maximum Gasteiger partial charge on any atom is 0.270 e. The molecule has 5 rings (SSSR count). The number of nitro groups is 1. The lowest BCUT2D eigenvalue weighted by atomic mass is 9.85. The second kappa shape index (κ2) is 8.62. The van der Waals surface area contributed by atoms with Crippen molar-refractivity contribution >= 4 is 17.4 Å². The highest BCUT2D eigenvalue weighted by Crippen LogP contribution is 2.42. The molecule has 10 nitrogen and oxygen atoms in total. The molecule has 0 saturated carbocycles. The molecule has 0 radical (unpaired) electrons. The third kappa shape index (κ3) is 3.66. The quantitative estimate of drug-likeness (QED) is 0.426. The molecule has 1 aliphatic heterocycles. The highest BCUT2D eigenvalue weighted by Gasteiger charge is 2.37. The summed E-state index contributed by atoms with van der Waals surface area (Å²) in [6.45, 7) is 2.39. The number of ether oxygens (including phenoxy) is 2. The molecule has 1 aromatic heterocycles. The highest BCUT2D eigenvalue weighted by molar-refractivity contribution is 5.99. The molecule has 3 aromatic rings. The smallest absolute Gasteiger partial charge is 0.270 e. The van der Waals surface area contributed by atoms with Gasteiger partial charge in [-0.1, -0.05) is 18.2 Å². The Bertz CT molecular complexity index is 1330. The average molecular weight is 461 g/mol. The first kappa shape index (κ1) is 21.6. The number of fused-ring (bicyclic) bond motifs is 1. The number of rotatable bonds is 6. The third-order valence-electron chi connectivity index (χ3n) is 5.99. The minimum Gasteiger partial charge on any atom is -0.493 e. The SMILES string of the molecule is CCOc1ccc(C2C3=C(CCCC3=O)Nc3nc(-c4cccc([N+](=O)[O-])c4)nn32)cc1OC. The molecule has 1 aliphatic carbocycles. The van der Waals surface area contributed by atoms with Gasteiger partial charge in [-0.05, 0) is 37.5 Å². The van der Waals surface area contributed by atoms with Crippen LogP contribution in [0.5, 0.6) is 11.5 Å². The zero-order valence-electron chi connectivity index (χ0n) is 18.8. The van der Waals surface area contributed by atoms with E-state index in [9.17, 15) is 14.9 Å². The van der Waals surface area contributed by atoms with Crippen LogP contribution in [0.15, 0.2) is 53.7 Å². The second-order valence-corrected chi connectivity index (χ2v) is 8.05. The molecule has 1 unspecified atom stereocenters. The molecule has 0 fully saturated rings. The van der Waals surface area contributed by atoms with Crippen molar-refractivity contribution in [1.82, 2.24) is 14.8 Å². The lowest BCUT2D eigenvalue weighted by Gasteiger charge is -2.32. The summed E-state index contributed by atoms with van der Waals surface area (Å²) >= 11 is 0. The number of nitrogens with one attached hydrogen (secondary N) is 1. The fraction of sp³-hybridized carbons (Fsp3) is 0.292. The zero-order chi connectivity index (χ0) is 23.8. The van der Waals surface area contributed by atoms with Crippen molar-refractivity contribution in [2.75, 3.05) is 19.0 Å². The Hall–Kier alpha value is -4.21. The number of aromatic nitrogens is 3. The highest BCUT2D eigenvalue weighted by atomic mass is 16.6. The van der Waals surface area contributed by atoms with E-state index < -0.39 is 11.0 Å². The summed E-state index contributed by atoms with van der Waals surface area (Å²) in [5, 5.41) is 19.2. The molecule has 10 heteroatoms. The van der Waals surface area contributed by atoms with Gasteiger partial charge >= 0.3 is 0 Å². The fourth-order valence-corrected chi connectivity index (χ4v) is 4.47. The van der Waals surface area contributed by atoms with Crippen LogP contribution in [0.25, 0.3) is 11.4 Å². The molecule has 1 atom stereocenters. The number of ketones is 1. The summed E-state index contributed by atoms with van der Waals surface area (Å²) < 4.78 is 12.9. The normalized spacial score (nSPS) is 17.0. The van der Waals surface area contributed by atoms with E-state index in [0.717, 1.165) is 24.1 Å². The summed E-state index contributed by atoms with van der Waals surface area (Å²) in [6.07, 6.45) is 1.95. The van der Waals surface area contributed by atoms with Gasteiger partial charge in [0.25, 0.3) is 5.69 Å². The monoisotopic (exact) mass is 461 g/mol. The summed E-state index contributed by atoms with van der Waals surface area (Å²) in [7, 11) is 1.57. The largest absolute Gasteiger partial charge is 0.493 e. The number of methoxy groups -OCH3 is 1. The van der Waals surface area contributed by atoms with E-state index in [-0.39, 0.29) is 11.5 Å². The molecule has 0 bridgehead atoms. The average Bonchev–Trinajstić information content (AvgIpc) is 3.27. The van der Waals surface area contributed by atoms with Gasteiger partial charge < -0.3 is 14.8 Å². The second-order valence-electron chi connectivity index (χ2n) is 8.05. The number of carbonyl (C=O) groups excluding carboxylic acids is 1. The van der Waals surface area contributed by atoms with Crippen LogP contribution in [0.1, 0.15) is 37.8 Å². The number of hydrogen-bond acceptors (Lipinski definition) is 8. The van der Waals surface area contributed by atoms with Gasteiger partial charge in [0.15, 0.2) is 23.1 Å². The first-order valence-corrected chi connectivity index (χ1v) is 11.1. The molecular formula is C24H23N5O5. The van der Waals surface area contributed by atoms with Crippen molar-refractivity contribution in [2.24, 2.45) is 0 Å². The van der Waals surface area contributed by atoms with E-state index in [4.69, 9.17) is 9.47 Å². The summed E-state index contributed by atoms with van der Waals surface area (Å²) in [5.41, 5.74) is 2.77.